The highest BCUT2D eigenvalue weighted by Gasteiger charge is 2.17. The molecule has 2 heterocycles. The Labute approximate surface area is 176 Å². The molecule has 2 rings (SSSR count). The topological polar surface area (TPSA) is 130 Å². The van der Waals surface area contributed by atoms with E-state index in [4.69, 9.17) is 11.6 Å². The summed E-state index contributed by atoms with van der Waals surface area (Å²) in [5.41, 5.74) is 0.964. The zero-order valence-corrected chi connectivity index (χ0v) is 18.5. The van der Waals surface area contributed by atoms with Crippen molar-refractivity contribution in [3.63, 3.8) is 0 Å². The van der Waals surface area contributed by atoms with E-state index < -0.39 is 10.0 Å². The second-order valence-corrected chi connectivity index (χ2v) is 9.58. The maximum Gasteiger partial charge on any atom is 0.241 e. The summed E-state index contributed by atoms with van der Waals surface area (Å²) in [5, 5.41) is 13.1. The van der Waals surface area contributed by atoms with Crippen LogP contribution in [-0.4, -0.2) is 52.4 Å². The molecule has 0 bridgehead atoms. The quantitative estimate of drug-likeness (QED) is 0.478. The summed E-state index contributed by atoms with van der Waals surface area (Å²) in [4.78, 5) is 16.8. The fourth-order valence-corrected chi connectivity index (χ4v) is 3.44. The molecule has 0 amide bonds. The van der Waals surface area contributed by atoms with Crippen LogP contribution in [0, 0.1) is 5.92 Å². The highest BCUT2D eigenvalue weighted by atomic mass is 35.5. The molecule has 160 valence electrons. The maximum absolute atomic E-state index is 11.6. The van der Waals surface area contributed by atoms with Gasteiger partial charge in [0.1, 0.15) is 11.0 Å². The third-order valence-electron chi connectivity index (χ3n) is 4.08. The van der Waals surface area contributed by atoms with Gasteiger partial charge in [0.2, 0.25) is 21.9 Å². The fraction of sp³-hybridized carbons (Fsp3) is 0.556. The van der Waals surface area contributed by atoms with Crippen molar-refractivity contribution in [1.82, 2.24) is 19.9 Å². The van der Waals surface area contributed by atoms with Crippen LogP contribution in [0.4, 0.5) is 11.9 Å². The number of anilines is 2. The highest BCUT2D eigenvalue weighted by Crippen LogP contribution is 2.22. The largest absolute Gasteiger partial charge is 0.394 e. The van der Waals surface area contributed by atoms with Crippen molar-refractivity contribution >= 4 is 33.5 Å². The van der Waals surface area contributed by atoms with Gasteiger partial charge in [0.25, 0.3) is 0 Å². The molecule has 0 aliphatic rings. The van der Waals surface area contributed by atoms with Crippen LogP contribution >= 0.6 is 11.6 Å². The number of nitrogens with zero attached hydrogens (tertiary/aromatic N) is 4. The third kappa shape index (κ3) is 8.08. The molecule has 3 N–H and O–H groups in total. The lowest BCUT2D eigenvalue weighted by molar-refractivity contribution is 0.259. The number of nitrogens with one attached hydrogen (secondary N) is 2. The Balaban J connectivity index is 2.30. The van der Waals surface area contributed by atoms with E-state index in [0.717, 1.165) is 11.8 Å². The summed E-state index contributed by atoms with van der Waals surface area (Å²) in [6, 6.07) is 3.37. The maximum atomic E-state index is 11.6. The molecule has 0 aromatic carbocycles. The predicted molar refractivity (Wildman–Crippen MR) is 114 cm³/mol. The molecule has 11 heteroatoms. The van der Waals surface area contributed by atoms with Gasteiger partial charge in [0.15, 0.2) is 0 Å². The van der Waals surface area contributed by atoms with Crippen LogP contribution < -0.4 is 10.0 Å². The van der Waals surface area contributed by atoms with Gasteiger partial charge in [-0.2, -0.15) is 15.0 Å². The minimum absolute atomic E-state index is 0.0149. The molecule has 0 saturated carbocycles. The van der Waals surface area contributed by atoms with Gasteiger partial charge in [0, 0.05) is 12.6 Å². The highest BCUT2D eigenvalue weighted by molar-refractivity contribution is 7.91. The predicted octanol–water partition coefficient (Wildman–Crippen LogP) is 2.46. The standard InChI is InChI=1S/C18H27ClN6O3S/c1-11(2)7-14(10-26)21-17-22-16(23-18(24-17)25-29(4,27)28)8-12(3)13-5-6-20-15(19)9-13/h5-6,9,11-12,14,26H,7-8,10H2,1-4H3,(H2,21,22,23,24,25)/t12?,14-/m1/s1. The monoisotopic (exact) mass is 442 g/mol. The Morgan fingerprint density at radius 3 is 2.45 bits per heavy atom. The van der Waals surface area contributed by atoms with Gasteiger partial charge in [-0.1, -0.05) is 32.4 Å². The van der Waals surface area contributed by atoms with E-state index in [1.807, 2.05) is 26.8 Å². The van der Waals surface area contributed by atoms with Crippen molar-refractivity contribution in [2.75, 3.05) is 22.9 Å². The number of sulfonamides is 1. The third-order valence-corrected chi connectivity index (χ3v) is 4.84. The Kier molecular flexibility index (Phi) is 8.12. The number of aliphatic hydroxyl groups excluding tert-OH is 1. The minimum atomic E-state index is -3.56. The SMILES string of the molecule is CC(C)C[C@H](CO)Nc1nc(CC(C)c2ccnc(Cl)c2)nc(NS(C)(=O)=O)n1. The van der Waals surface area contributed by atoms with Crippen molar-refractivity contribution in [1.29, 1.82) is 0 Å². The van der Waals surface area contributed by atoms with Gasteiger partial charge in [-0.05, 0) is 36.0 Å². The molecule has 2 atom stereocenters. The molecule has 9 nitrogen and oxygen atoms in total. The van der Waals surface area contributed by atoms with E-state index >= 15 is 0 Å². The van der Waals surface area contributed by atoms with Crippen LogP contribution in [0.15, 0.2) is 18.3 Å². The number of aliphatic hydroxyl groups is 1. The van der Waals surface area contributed by atoms with Crippen LogP contribution in [0.25, 0.3) is 0 Å². The van der Waals surface area contributed by atoms with Gasteiger partial charge in [-0.15, -0.1) is 0 Å². The Morgan fingerprint density at radius 1 is 1.17 bits per heavy atom. The van der Waals surface area contributed by atoms with Crippen LogP contribution in [0.2, 0.25) is 5.15 Å². The summed E-state index contributed by atoms with van der Waals surface area (Å²) in [5.74, 6) is 0.921. The summed E-state index contributed by atoms with van der Waals surface area (Å²) >= 11 is 5.97. The fourth-order valence-electron chi connectivity index (χ4n) is 2.83. The van der Waals surface area contributed by atoms with Gasteiger partial charge < -0.3 is 10.4 Å². The van der Waals surface area contributed by atoms with Crippen molar-refractivity contribution in [3.05, 3.63) is 34.9 Å². The first-order valence-electron chi connectivity index (χ1n) is 9.27. The van der Waals surface area contributed by atoms with Crippen molar-refractivity contribution in [2.24, 2.45) is 5.92 Å². The summed E-state index contributed by atoms with van der Waals surface area (Å²) in [7, 11) is -3.56. The van der Waals surface area contributed by atoms with Gasteiger partial charge in [0.05, 0.1) is 18.9 Å². The molecule has 2 aromatic heterocycles. The Bertz CT molecular complexity index is 926. The molecule has 29 heavy (non-hydrogen) atoms. The number of pyridine rings is 1. The zero-order valence-electron chi connectivity index (χ0n) is 16.9. The summed E-state index contributed by atoms with van der Waals surface area (Å²) in [6.07, 6.45) is 3.80. The van der Waals surface area contributed by atoms with E-state index in [2.05, 4.69) is 30.0 Å². The first-order valence-corrected chi connectivity index (χ1v) is 11.5. The molecule has 0 radical (unpaired) electrons. The zero-order chi connectivity index (χ0) is 21.6. The lowest BCUT2D eigenvalue weighted by Crippen LogP contribution is -2.27. The van der Waals surface area contributed by atoms with E-state index in [-0.39, 0.29) is 30.5 Å². The number of halogens is 1. The molecular formula is C18H27ClN6O3S. The minimum Gasteiger partial charge on any atom is -0.394 e. The summed E-state index contributed by atoms with van der Waals surface area (Å²) in [6.45, 7) is 5.98. The smallest absolute Gasteiger partial charge is 0.241 e. The van der Waals surface area contributed by atoms with Gasteiger partial charge in [-0.25, -0.2) is 13.4 Å². The molecule has 0 fully saturated rings. The van der Waals surface area contributed by atoms with Crippen LogP contribution in [0.5, 0.6) is 0 Å². The molecular weight excluding hydrogens is 416 g/mol. The second-order valence-electron chi connectivity index (χ2n) is 7.44. The molecule has 0 saturated heterocycles. The Hall–Kier alpha value is -2.04. The number of hydrogen-bond donors (Lipinski definition) is 3. The van der Waals surface area contributed by atoms with Crippen LogP contribution in [0.1, 0.15) is 44.5 Å². The van der Waals surface area contributed by atoms with Crippen molar-refractivity contribution < 1.29 is 13.5 Å². The lowest BCUT2D eigenvalue weighted by Gasteiger charge is -2.19. The van der Waals surface area contributed by atoms with E-state index in [1.165, 1.54) is 0 Å². The lowest BCUT2D eigenvalue weighted by atomic mass is 9.99. The Morgan fingerprint density at radius 2 is 1.86 bits per heavy atom. The van der Waals surface area contributed by atoms with Gasteiger partial charge in [-0.3, -0.25) is 4.72 Å². The summed E-state index contributed by atoms with van der Waals surface area (Å²) < 4.78 is 25.6. The van der Waals surface area contributed by atoms with Gasteiger partial charge >= 0.3 is 0 Å². The first kappa shape index (κ1) is 23.2. The van der Waals surface area contributed by atoms with E-state index in [1.54, 1.807) is 12.3 Å². The second kappa shape index (κ2) is 10.1. The number of aromatic nitrogens is 4. The van der Waals surface area contributed by atoms with E-state index in [0.29, 0.717) is 29.7 Å². The van der Waals surface area contributed by atoms with Crippen LogP contribution in [0.3, 0.4) is 0 Å². The van der Waals surface area contributed by atoms with Crippen LogP contribution in [-0.2, 0) is 16.4 Å². The van der Waals surface area contributed by atoms with E-state index in [9.17, 15) is 13.5 Å². The first-order chi connectivity index (χ1) is 13.6. The van der Waals surface area contributed by atoms with Crippen molar-refractivity contribution in [2.45, 2.75) is 45.6 Å². The number of rotatable bonds is 10. The average Bonchev–Trinajstić information content (AvgIpc) is 2.59. The molecule has 0 aliphatic heterocycles. The average molecular weight is 443 g/mol. The normalized spacial score (nSPS) is 13.9. The molecule has 0 aliphatic carbocycles. The molecule has 1 unspecified atom stereocenters. The molecule has 2 aromatic rings. The molecule has 0 spiro atoms. The van der Waals surface area contributed by atoms with Crippen molar-refractivity contribution in [3.8, 4) is 0 Å². The number of hydrogen-bond acceptors (Lipinski definition) is 8.